The average Bonchev–Trinajstić information content (AvgIpc) is 3.92. The van der Waals surface area contributed by atoms with Crippen molar-refractivity contribution in [1.82, 2.24) is 0 Å². The first kappa shape index (κ1) is 38.1. The van der Waals surface area contributed by atoms with Crippen molar-refractivity contribution in [2.45, 2.75) is 87.9 Å². The van der Waals surface area contributed by atoms with E-state index in [1.807, 2.05) is 0 Å². The van der Waals surface area contributed by atoms with Gasteiger partial charge in [0, 0.05) is 43.1 Å². The summed E-state index contributed by atoms with van der Waals surface area (Å²) in [7, 11) is 0. The Morgan fingerprint density at radius 1 is 0.333 bits per heavy atom. The van der Waals surface area contributed by atoms with Gasteiger partial charge in [-0.05, 0) is 196 Å². The highest BCUT2D eigenvalue weighted by Gasteiger charge is 2.53. The number of benzene rings is 7. The van der Waals surface area contributed by atoms with Crippen molar-refractivity contribution in [2.75, 3.05) is 9.80 Å². The highest BCUT2D eigenvalue weighted by Crippen LogP contribution is 2.62. The van der Waals surface area contributed by atoms with E-state index >= 15 is 0 Å². The molecule has 0 aliphatic heterocycles. The number of nitrogens with zero attached hydrogens (tertiary/aromatic N) is 2. The van der Waals surface area contributed by atoms with Crippen molar-refractivity contribution < 1.29 is 0 Å². The predicted molar refractivity (Wildman–Crippen MR) is 259 cm³/mol. The third-order valence-electron chi connectivity index (χ3n) is 15.0. The van der Waals surface area contributed by atoms with E-state index in [1.165, 1.54) is 60.8 Å². The van der Waals surface area contributed by atoms with E-state index in [1.54, 1.807) is 22.3 Å². The molecule has 298 valence electrons. The van der Waals surface area contributed by atoms with Crippen LogP contribution in [0.1, 0.15) is 88.5 Å². The fourth-order valence-corrected chi connectivity index (χ4v) is 12.6. The van der Waals surface area contributed by atoms with E-state index in [9.17, 15) is 0 Å². The molecule has 11 rings (SSSR count). The molecule has 2 saturated carbocycles. The number of hydrogen-bond donors (Lipinski definition) is 0. The maximum atomic E-state index is 3.70. The van der Waals surface area contributed by atoms with Gasteiger partial charge in [0.25, 0.3) is 0 Å². The minimum Gasteiger partial charge on any atom is -0.310 e. The first-order valence-electron chi connectivity index (χ1n) is 21.6. The van der Waals surface area contributed by atoms with E-state index in [4.69, 9.17) is 0 Å². The molecule has 60 heavy (non-hydrogen) atoms. The van der Waals surface area contributed by atoms with Gasteiger partial charge in [0.05, 0.1) is 0 Å². The normalized spacial score (nSPS) is 24.4. The monoisotopic (exact) mass is 908 g/mol. The lowest BCUT2D eigenvalue weighted by molar-refractivity contribution is 0.483. The summed E-state index contributed by atoms with van der Waals surface area (Å²) in [6.45, 7) is 9.91. The summed E-state index contributed by atoms with van der Waals surface area (Å²) in [5.41, 5.74) is 19.1. The standard InChI is InChI=1S/C56H50Br2N2/c1-53-26-28-55(3,35-53)51-32-39(14-24-49(51)53)37-8-5-10-45(30-37)59(43-20-16-41(57)17-21-43)47-12-7-13-48(34-47)60(44-22-18-42(58)19-23-44)46-11-6-9-38(31-46)40-15-25-50-52(33-40)56(4)29-27-54(50,2)36-56/h5-25,30-34H,26-29,35-36H2,1-4H3. The molecule has 0 spiro atoms. The van der Waals surface area contributed by atoms with Gasteiger partial charge in [-0.2, -0.15) is 0 Å². The molecule has 2 nitrogen and oxygen atoms in total. The molecule has 0 aromatic heterocycles. The summed E-state index contributed by atoms with van der Waals surface area (Å²) in [6.07, 6.45) is 7.68. The Labute approximate surface area is 372 Å². The van der Waals surface area contributed by atoms with Gasteiger partial charge in [0.15, 0.2) is 0 Å². The van der Waals surface area contributed by atoms with Gasteiger partial charge in [-0.1, -0.05) is 126 Å². The SMILES string of the molecule is CC12CCC(C)(C1)c1cc(-c3cccc(N(c4ccc(Br)cc4)c4cccc(N(c5ccc(Br)cc5)c5cccc(-c6ccc7c(c6)C6(C)CCC7(C)C6)c5)c4)c3)ccc12. The van der Waals surface area contributed by atoms with Crippen LogP contribution in [0, 0.1) is 0 Å². The number of rotatable bonds is 8. The Balaban J connectivity index is 1.01. The van der Waals surface area contributed by atoms with Gasteiger partial charge in [-0.25, -0.2) is 0 Å². The summed E-state index contributed by atoms with van der Waals surface area (Å²) in [5.74, 6) is 0. The van der Waals surface area contributed by atoms with Crippen molar-refractivity contribution in [2.24, 2.45) is 0 Å². The lowest BCUT2D eigenvalue weighted by Gasteiger charge is -2.30. The Kier molecular flexibility index (Phi) is 8.76. The van der Waals surface area contributed by atoms with Crippen LogP contribution in [0.5, 0.6) is 0 Å². The van der Waals surface area contributed by atoms with E-state index in [0.29, 0.717) is 10.8 Å². The fourth-order valence-electron chi connectivity index (χ4n) is 12.1. The van der Waals surface area contributed by atoms with Gasteiger partial charge in [0.1, 0.15) is 0 Å². The van der Waals surface area contributed by atoms with Crippen LogP contribution in [-0.2, 0) is 21.7 Å². The maximum absolute atomic E-state index is 3.70. The van der Waals surface area contributed by atoms with E-state index in [2.05, 4.69) is 227 Å². The molecule has 4 unspecified atom stereocenters. The zero-order valence-electron chi connectivity index (χ0n) is 34.9. The summed E-state index contributed by atoms with van der Waals surface area (Å²) in [5, 5.41) is 0. The molecule has 0 amide bonds. The summed E-state index contributed by atoms with van der Waals surface area (Å²) < 4.78 is 2.12. The Morgan fingerprint density at radius 3 is 1.07 bits per heavy atom. The molecule has 0 heterocycles. The molecule has 0 radical (unpaired) electrons. The largest absolute Gasteiger partial charge is 0.310 e. The topological polar surface area (TPSA) is 6.48 Å². The molecule has 2 fully saturated rings. The zero-order chi connectivity index (χ0) is 41.0. The van der Waals surface area contributed by atoms with Crippen LogP contribution in [-0.4, -0.2) is 0 Å². The molecule has 0 N–H and O–H groups in total. The van der Waals surface area contributed by atoms with Gasteiger partial charge in [0.2, 0.25) is 0 Å². The lowest BCUT2D eigenvalue weighted by atomic mass is 9.77. The highest BCUT2D eigenvalue weighted by molar-refractivity contribution is 9.10. The second kappa shape index (κ2) is 13.8. The molecular weight excluding hydrogens is 860 g/mol. The van der Waals surface area contributed by atoms with Crippen molar-refractivity contribution in [3.05, 3.63) is 189 Å². The quantitative estimate of drug-likeness (QED) is 0.150. The molecule has 0 saturated heterocycles. The molecular formula is C56H50Br2N2. The predicted octanol–water partition coefficient (Wildman–Crippen LogP) is 16.9. The molecule has 7 aromatic rings. The highest BCUT2D eigenvalue weighted by atomic mass is 79.9. The molecule has 4 atom stereocenters. The number of fused-ring (bicyclic) bond motifs is 10. The number of hydrogen-bond acceptors (Lipinski definition) is 2. The smallest absolute Gasteiger partial charge is 0.0482 e. The van der Waals surface area contributed by atoms with Crippen molar-refractivity contribution in [1.29, 1.82) is 0 Å². The van der Waals surface area contributed by atoms with Gasteiger partial charge in [-0.3, -0.25) is 0 Å². The second-order valence-corrected chi connectivity index (χ2v) is 21.2. The summed E-state index contributed by atoms with van der Waals surface area (Å²) in [6, 6.07) is 59.1. The lowest BCUT2D eigenvalue weighted by Crippen LogP contribution is -2.17. The fraction of sp³-hybridized carbons (Fsp3) is 0.250. The van der Waals surface area contributed by atoms with Crippen LogP contribution in [0.4, 0.5) is 34.1 Å². The number of halogens is 2. The van der Waals surface area contributed by atoms with Crippen LogP contribution in [0.3, 0.4) is 0 Å². The van der Waals surface area contributed by atoms with E-state index in [0.717, 1.165) is 43.1 Å². The maximum Gasteiger partial charge on any atom is 0.0482 e. The van der Waals surface area contributed by atoms with Gasteiger partial charge in [-0.15, -0.1) is 0 Å². The molecule has 4 bridgehead atoms. The van der Waals surface area contributed by atoms with Crippen LogP contribution in [0.2, 0.25) is 0 Å². The third-order valence-corrected chi connectivity index (χ3v) is 16.1. The average molecular weight is 911 g/mol. The van der Waals surface area contributed by atoms with Crippen LogP contribution in [0.15, 0.2) is 167 Å². The van der Waals surface area contributed by atoms with Crippen molar-refractivity contribution in [3.63, 3.8) is 0 Å². The Hall–Kier alpha value is -4.90. The first-order chi connectivity index (χ1) is 28.9. The van der Waals surface area contributed by atoms with Crippen LogP contribution < -0.4 is 9.80 Å². The van der Waals surface area contributed by atoms with Crippen LogP contribution >= 0.6 is 31.9 Å². The summed E-state index contributed by atoms with van der Waals surface area (Å²) >= 11 is 7.41. The van der Waals surface area contributed by atoms with Crippen molar-refractivity contribution in [3.8, 4) is 22.3 Å². The van der Waals surface area contributed by atoms with E-state index < -0.39 is 0 Å². The van der Waals surface area contributed by atoms with Crippen molar-refractivity contribution >= 4 is 66.0 Å². The Bertz CT molecular complexity index is 2640. The summed E-state index contributed by atoms with van der Waals surface area (Å²) in [4.78, 5) is 4.79. The van der Waals surface area contributed by atoms with E-state index in [-0.39, 0.29) is 10.8 Å². The minimum absolute atomic E-state index is 0.277. The molecule has 4 aliphatic carbocycles. The molecule has 4 heteroatoms. The molecule has 4 aliphatic rings. The number of anilines is 6. The molecule has 7 aromatic carbocycles. The zero-order valence-corrected chi connectivity index (χ0v) is 38.1. The Morgan fingerprint density at radius 2 is 0.667 bits per heavy atom. The first-order valence-corrected chi connectivity index (χ1v) is 23.2. The second-order valence-electron chi connectivity index (χ2n) is 19.4. The third kappa shape index (κ3) is 6.15. The van der Waals surface area contributed by atoms with Gasteiger partial charge >= 0.3 is 0 Å². The van der Waals surface area contributed by atoms with Crippen LogP contribution in [0.25, 0.3) is 22.3 Å². The minimum atomic E-state index is 0.277. The van der Waals surface area contributed by atoms with Gasteiger partial charge < -0.3 is 9.80 Å².